The first-order valence-corrected chi connectivity index (χ1v) is 7.51. The van der Waals surface area contributed by atoms with Crippen LogP contribution in [0.5, 0.6) is 0 Å². The molecule has 0 saturated heterocycles. The number of nitro groups is 1. The van der Waals surface area contributed by atoms with Crippen molar-refractivity contribution in [3.63, 3.8) is 0 Å². The third kappa shape index (κ3) is 4.39. The zero-order chi connectivity index (χ0) is 16.0. The minimum atomic E-state index is -4.05. The lowest BCUT2D eigenvalue weighted by molar-refractivity contribution is -0.386. The van der Waals surface area contributed by atoms with E-state index in [0.29, 0.717) is 0 Å². The number of nitrogens with two attached hydrogens (primary N) is 1. The number of nitrogens with one attached hydrogen (secondary N) is 2. The summed E-state index contributed by atoms with van der Waals surface area (Å²) >= 11 is 0. The number of amides is 1. The van der Waals surface area contributed by atoms with Crippen molar-refractivity contribution in [3.05, 3.63) is 28.3 Å². The van der Waals surface area contributed by atoms with Gasteiger partial charge in [-0.3, -0.25) is 14.9 Å². The maximum Gasteiger partial charge on any atom is 0.312 e. The van der Waals surface area contributed by atoms with Crippen LogP contribution in [-0.4, -0.2) is 32.8 Å². The highest BCUT2D eigenvalue weighted by atomic mass is 32.2. The van der Waals surface area contributed by atoms with E-state index < -0.39 is 31.4 Å². The van der Waals surface area contributed by atoms with E-state index in [0.717, 1.165) is 6.07 Å². The number of hydrogen-bond donors (Lipinski definition) is 3. The highest BCUT2D eigenvalue weighted by Gasteiger charge is 2.28. The van der Waals surface area contributed by atoms with Gasteiger partial charge in [-0.05, 0) is 18.6 Å². The van der Waals surface area contributed by atoms with Crippen molar-refractivity contribution in [2.24, 2.45) is 5.73 Å². The summed E-state index contributed by atoms with van der Waals surface area (Å²) in [4.78, 5) is 20.5. The molecular formula is C11H16N4O5S. The SMILES string of the molecule is CNc1cccc(S(=O)(=O)NCCCC(N)=O)c1[N+](=O)[O-]. The number of nitrogens with zero attached hydrogens (tertiary/aromatic N) is 1. The summed E-state index contributed by atoms with van der Waals surface area (Å²) in [6, 6.07) is 3.95. The van der Waals surface area contributed by atoms with Crippen molar-refractivity contribution >= 4 is 27.3 Å². The Morgan fingerprint density at radius 2 is 2.10 bits per heavy atom. The molecule has 0 heterocycles. The van der Waals surface area contributed by atoms with E-state index in [4.69, 9.17) is 5.73 Å². The molecule has 4 N–H and O–H groups in total. The van der Waals surface area contributed by atoms with Crippen molar-refractivity contribution in [3.8, 4) is 0 Å². The van der Waals surface area contributed by atoms with E-state index >= 15 is 0 Å². The van der Waals surface area contributed by atoms with Crippen LogP contribution >= 0.6 is 0 Å². The Balaban J connectivity index is 3.03. The van der Waals surface area contributed by atoms with Gasteiger partial charge in [0.2, 0.25) is 15.9 Å². The van der Waals surface area contributed by atoms with Crippen LogP contribution in [-0.2, 0) is 14.8 Å². The summed E-state index contributed by atoms with van der Waals surface area (Å²) in [5.74, 6) is -0.544. The summed E-state index contributed by atoms with van der Waals surface area (Å²) in [6.45, 7) is -0.0355. The van der Waals surface area contributed by atoms with Crippen LogP contribution in [0.4, 0.5) is 11.4 Å². The van der Waals surface area contributed by atoms with Gasteiger partial charge in [0, 0.05) is 20.0 Å². The maximum atomic E-state index is 12.1. The molecule has 0 unspecified atom stereocenters. The molecule has 1 rings (SSSR count). The summed E-state index contributed by atoms with van der Waals surface area (Å²) in [5.41, 5.74) is 4.51. The summed E-state index contributed by atoms with van der Waals surface area (Å²) in [5, 5.41) is 13.7. The number of para-hydroxylation sites is 1. The fourth-order valence-corrected chi connectivity index (χ4v) is 2.94. The number of carbonyl (C=O) groups is 1. The molecule has 0 aliphatic heterocycles. The quantitative estimate of drug-likeness (QED) is 0.354. The second kappa shape index (κ2) is 6.99. The number of benzene rings is 1. The Hall–Kier alpha value is -2.20. The molecule has 0 spiro atoms. The summed E-state index contributed by atoms with van der Waals surface area (Å²) in [7, 11) is -2.59. The Morgan fingerprint density at radius 3 is 2.62 bits per heavy atom. The molecular weight excluding hydrogens is 300 g/mol. The van der Waals surface area contributed by atoms with Crippen molar-refractivity contribution in [2.75, 3.05) is 18.9 Å². The molecule has 116 valence electrons. The van der Waals surface area contributed by atoms with Crippen molar-refractivity contribution in [1.82, 2.24) is 4.72 Å². The van der Waals surface area contributed by atoms with Gasteiger partial charge < -0.3 is 11.1 Å². The van der Waals surface area contributed by atoms with E-state index in [1.165, 1.54) is 19.2 Å². The molecule has 1 aromatic rings. The fourth-order valence-electron chi connectivity index (χ4n) is 1.68. The largest absolute Gasteiger partial charge is 0.383 e. The monoisotopic (exact) mass is 316 g/mol. The average Bonchev–Trinajstić information content (AvgIpc) is 2.42. The van der Waals surface area contributed by atoms with Crippen molar-refractivity contribution in [2.45, 2.75) is 17.7 Å². The van der Waals surface area contributed by atoms with Crippen LogP contribution in [0.15, 0.2) is 23.1 Å². The van der Waals surface area contributed by atoms with Gasteiger partial charge in [0.1, 0.15) is 5.69 Å². The van der Waals surface area contributed by atoms with Gasteiger partial charge in [-0.2, -0.15) is 0 Å². The number of anilines is 1. The van der Waals surface area contributed by atoms with E-state index in [1.54, 1.807) is 0 Å². The van der Waals surface area contributed by atoms with Crippen LogP contribution in [0.3, 0.4) is 0 Å². The normalized spacial score (nSPS) is 11.1. The minimum Gasteiger partial charge on any atom is -0.383 e. The topological polar surface area (TPSA) is 144 Å². The van der Waals surface area contributed by atoms with Gasteiger partial charge in [0.25, 0.3) is 0 Å². The molecule has 9 nitrogen and oxygen atoms in total. The zero-order valence-electron chi connectivity index (χ0n) is 11.3. The first-order valence-electron chi connectivity index (χ1n) is 6.02. The number of carbonyl (C=O) groups excluding carboxylic acids is 1. The Labute approximate surface area is 121 Å². The van der Waals surface area contributed by atoms with Gasteiger partial charge in [-0.25, -0.2) is 13.1 Å². The molecule has 0 aliphatic rings. The Morgan fingerprint density at radius 1 is 1.43 bits per heavy atom. The van der Waals surface area contributed by atoms with Gasteiger partial charge in [-0.1, -0.05) is 6.07 Å². The smallest absolute Gasteiger partial charge is 0.312 e. The molecule has 0 atom stereocenters. The first-order chi connectivity index (χ1) is 9.79. The maximum absolute atomic E-state index is 12.1. The number of hydrogen-bond acceptors (Lipinski definition) is 6. The van der Waals surface area contributed by atoms with Crippen molar-refractivity contribution in [1.29, 1.82) is 0 Å². The highest BCUT2D eigenvalue weighted by Crippen LogP contribution is 2.31. The van der Waals surface area contributed by atoms with E-state index in [-0.39, 0.29) is 25.1 Å². The van der Waals surface area contributed by atoms with E-state index in [2.05, 4.69) is 10.0 Å². The number of nitro benzene ring substituents is 1. The fraction of sp³-hybridized carbons (Fsp3) is 0.364. The molecule has 1 aromatic carbocycles. The van der Waals surface area contributed by atoms with Crippen molar-refractivity contribution < 1.29 is 18.1 Å². The van der Waals surface area contributed by atoms with Crippen LogP contribution in [0.25, 0.3) is 0 Å². The van der Waals surface area contributed by atoms with Crippen LogP contribution < -0.4 is 15.8 Å². The number of rotatable bonds is 8. The molecule has 0 fully saturated rings. The third-order valence-electron chi connectivity index (χ3n) is 2.63. The van der Waals surface area contributed by atoms with E-state index in [1.807, 2.05) is 0 Å². The minimum absolute atomic E-state index is 0.0289. The summed E-state index contributed by atoms with van der Waals surface area (Å²) in [6.07, 6.45) is 0.245. The lowest BCUT2D eigenvalue weighted by Crippen LogP contribution is -2.26. The molecule has 0 bridgehead atoms. The van der Waals surface area contributed by atoms with E-state index in [9.17, 15) is 23.3 Å². The first kappa shape index (κ1) is 16.9. The predicted molar refractivity (Wildman–Crippen MR) is 76.3 cm³/mol. The predicted octanol–water partition coefficient (Wildman–Crippen LogP) is 0.180. The molecule has 0 aliphatic carbocycles. The van der Waals surface area contributed by atoms with Gasteiger partial charge in [0.15, 0.2) is 4.90 Å². The zero-order valence-corrected chi connectivity index (χ0v) is 12.1. The Kier molecular flexibility index (Phi) is 5.61. The molecule has 10 heteroatoms. The lowest BCUT2D eigenvalue weighted by Gasteiger charge is -2.09. The molecule has 21 heavy (non-hydrogen) atoms. The molecule has 0 aromatic heterocycles. The second-order valence-corrected chi connectivity index (χ2v) is 5.86. The third-order valence-corrected chi connectivity index (χ3v) is 4.13. The number of sulfonamides is 1. The standard InChI is InChI=1S/C11H16N4O5S/c1-13-8-4-2-5-9(11(8)15(17)18)21(19,20)14-7-3-6-10(12)16/h2,4-5,13-14H,3,6-7H2,1H3,(H2,12,16). The number of primary amides is 1. The average molecular weight is 316 g/mol. The van der Waals surface area contributed by atoms with Gasteiger partial charge in [-0.15, -0.1) is 0 Å². The molecule has 0 radical (unpaired) electrons. The lowest BCUT2D eigenvalue weighted by atomic mass is 10.3. The van der Waals surface area contributed by atoms with Gasteiger partial charge >= 0.3 is 5.69 Å². The highest BCUT2D eigenvalue weighted by molar-refractivity contribution is 7.89. The summed E-state index contributed by atoms with van der Waals surface area (Å²) < 4.78 is 26.4. The second-order valence-electron chi connectivity index (χ2n) is 4.13. The molecule has 0 saturated carbocycles. The van der Waals surface area contributed by atoms with Crippen LogP contribution in [0.2, 0.25) is 0 Å². The Bertz CT molecular complexity index is 644. The van der Waals surface area contributed by atoms with Crippen LogP contribution in [0.1, 0.15) is 12.8 Å². The molecule has 1 amide bonds. The van der Waals surface area contributed by atoms with Gasteiger partial charge in [0.05, 0.1) is 4.92 Å². The van der Waals surface area contributed by atoms with Crippen LogP contribution in [0, 0.1) is 10.1 Å².